The van der Waals surface area contributed by atoms with Crippen molar-refractivity contribution in [3.63, 3.8) is 0 Å². The molecule has 0 fully saturated rings. The quantitative estimate of drug-likeness (QED) is 0.719. The number of ketones is 1. The molecular weight excluding hydrogens is 360 g/mol. The number of ether oxygens (including phenoxy) is 1. The van der Waals surface area contributed by atoms with Gasteiger partial charge in [0.25, 0.3) is 0 Å². The first-order chi connectivity index (χ1) is 10.7. The zero-order valence-corrected chi connectivity index (χ0v) is 15.4. The highest BCUT2D eigenvalue weighted by Crippen LogP contribution is 2.33. The predicted octanol–water partition coefficient (Wildman–Crippen LogP) is 5.25. The maximum Gasteiger partial charge on any atom is 0.169 e. The number of Topliss-reactive ketones (excluding diaryl/α,β-unsaturated/α-hetero) is 1. The second-order valence-corrected chi connectivity index (χ2v) is 7.52. The van der Waals surface area contributed by atoms with Crippen molar-refractivity contribution < 1.29 is 19.1 Å². The molecule has 1 heterocycles. The van der Waals surface area contributed by atoms with Crippen LogP contribution in [0.2, 0.25) is 0 Å². The van der Waals surface area contributed by atoms with E-state index in [0.29, 0.717) is 33.7 Å². The van der Waals surface area contributed by atoms with E-state index >= 15 is 0 Å². The first kappa shape index (κ1) is 17.6. The molecule has 0 saturated carbocycles. The monoisotopic (exact) mass is 380 g/mol. The Hall–Kier alpha value is -1.75. The van der Waals surface area contributed by atoms with E-state index in [1.807, 2.05) is 20.8 Å². The number of hydrogen-bond donors (Lipinski definition) is 1. The molecule has 124 valence electrons. The predicted molar refractivity (Wildman–Crippen MR) is 92.0 cm³/mol. The van der Waals surface area contributed by atoms with E-state index in [1.165, 1.54) is 0 Å². The molecule has 0 aliphatic heterocycles. The lowest BCUT2D eigenvalue weighted by atomic mass is 9.87. The minimum absolute atomic E-state index is 0.0163. The summed E-state index contributed by atoms with van der Waals surface area (Å²) in [6.07, 6.45) is 0.376. The Labute approximate surface area is 144 Å². The molecule has 1 aromatic carbocycles. The van der Waals surface area contributed by atoms with Crippen LogP contribution in [0.5, 0.6) is 11.5 Å². The maximum absolute atomic E-state index is 12.3. The Morgan fingerprint density at radius 3 is 2.52 bits per heavy atom. The lowest BCUT2D eigenvalue weighted by molar-refractivity contribution is 0.0937. The number of phenolic OH excluding ortho intramolecular Hbond substituents is 1. The summed E-state index contributed by atoms with van der Waals surface area (Å²) >= 11 is 3.23. The van der Waals surface area contributed by atoms with Gasteiger partial charge in [-0.1, -0.05) is 20.8 Å². The summed E-state index contributed by atoms with van der Waals surface area (Å²) in [6.45, 7) is 7.97. The van der Waals surface area contributed by atoms with Crippen LogP contribution in [0.15, 0.2) is 33.4 Å². The summed E-state index contributed by atoms with van der Waals surface area (Å²) in [7, 11) is 0. The van der Waals surface area contributed by atoms with Gasteiger partial charge in [-0.05, 0) is 52.5 Å². The van der Waals surface area contributed by atoms with Crippen LogP contribution in [0.25, 0.3) is 0 Å². The molecule has 0 radical (unpaired) electrons. The van der Waals surface area contributed by atoms with Gasteiger partial charge in [-0.3, -0.25) is 4.79 Å². The third-order valence-corrected chi connectivity index (χ3v) is 3.80. The van der Waals surface area contributed by atoms with E-state index in [-0.39, 0.29) is 23.6 Å². The lowest BCUT2D eigenvalue weighted by Gasteiger charge is -2.18. The molecule has 0 spiro atoms. The van der Waals surface area contributed by atoms with Gasteiger partial charge in [-0.25, -0.2) is 0 Å². The number of rotatable bonds is 5. The van der Waals surface area contributed by atoms with E-state index in [0.717, 1.165) is 0 Å². The third-order valence-electron chi connectivity index (χ3n) is 3.37. The summed E-state index contributed by atoms with van der Waals surface area (Å²) in [5.74, 6) is 1.11. The second kappa shape index (κ2) is 6.79. The van der Waals surface area contributed by atoms with Gasteiger partial charge in [0.15, 0.2) is 10.5 Å². The van der Waals surface area contributed by atoms with Crippen LogP contribution in [-0.2, 0) is 6.61 Å². The standard InChI is InChI=1S/C18H21BrO4/c1-11-15(22-10-12-5-8-16(19)23-12)7-6-13(17(11)21)14(20)9-18(2,3)4/h5-8,21H,9-10H2,1-4H3. The summed E-state index contributed by atoms with van der Waals surface area (Å²) in [5, 5.41) is 10.3. The third kappa shape index (κ3) is 4.61. The van der Waals surface area contributed by atoms with Gasteiger partial charge in [0.1, 0.15) is 23.9 Å². The van der Waals surface area contributed by atoms with E-state index in [1.54, 1.807) is 31.2 Å². The Morgan fingerprint density at radius 1 is 1.26 bits per heavy atom. The SMILES string of the molecule is Cc1c(OCc2ccc(Br)o2)ccc(C(=O)CC(C)(C)C)c1O. The molecule has 0 bridgehead atoms. The molecule has 1 N–H and O–H groups in total. The fourth-order valence-corrected chi connectivity index (χ4v) is 2.56. The summed E-state index contributed by atoms with van der Waals surface area (Å²) in [5.41, 5.74) is 0.764. The van der Waals surface area contributed by atoms with Crippen molar-refractivity contribution in [3.05, 3.63) is 45.8 Å². The van der Waals surface area contributed by atoms with Gasteiger partial charge < -0.3 is 14.3 Å². The minimum Gasteiger partial charge on any atom is -0.507 e. The Balaban J connectivity index is 2.15. The topological polar surface area (TPSA) is 59.7 Å². The zero-order valence-electron chi connectivity index (χ0n) is 13.8. The number of aromatic hydroxyl groups is 1. The second-order valence-electron chi connectivity index (χ2n) is 6.74. The number of benzene rings is 1. The van der Waals surface area contributed by atoms with Crippen molar-refractivity contribution in [3.8, 4) is 11.5 Å². The number of carbonyl (C=O) groups excluding carboxylic acids is 1. The highest BCUT2D eigenvalue weighted by atomic mass is 79.9. The average Bonchev–Trinajstić information content (AvgIpc) is 2.84. The van der Waals surface area contributed by atoms with Crippen molar-refractivity contribution in [2.24, 2.45) is 5.41 Å². The first-order valence-corrected chi connectivity index (χ1v) is 8.19. The van der Waals surface area contributed by atoms with E-state index in [4.69, 9.17) is 9.15 Å². The molecule has 1 aromatic heterocycles. The van der Waals surface area contributed by atoms with Gasteiger partial charge in [0, 0.05) is 12.0 Å². The molecule has 5 heteroatoms. The molecule has 0 saturated heterocycles. The lowest BCUT2D eigenvalue weighted by Crippen LogP contribution is -2.13. The van der Waals surface area contributed by atoms with Crippen molar-refractivity contribution in [1.82, 2.24) is 0 Å². The maximum atomic E-state index is 12.3. The van der Waals surface area contributed by atoms with Gasteiger partial charge in [-0.15, -0.1) is 0 Å². The van der Waals surface area contributed by atoms with Gasteiger partial charge in [0.2, 0.25) is 0 Å². The van der Waals surface area contributed by atoms with Crippen LogP contribution in [0.1, 0.15) is 48.9 Å². The normalized spacial score (nSPS) is 11.5. The Morgan fingerprint density at radius 2 is 1.96 bits per heavy atom. The van der Waals surface area contributed by atoms with Crippen molar-refractivity contribution in [2.45, 2.75) is 40.7 Å². The number of furan rings is 1. The fraction of sp³-hybridized carbons (Fsp3) is 0.389. The van der Waals surface area contributed by atoms with Crippen LogP contribution in [0.4, 0.5) is 0 Å². The number of halogens is 1. The molecule has 0 unspecified atom stereocenters. The molecule has 0 aliphatic rings. The van der Waals surface area contributed by atoms with Crippen molar-refractivity contribution in [1.29, 1.82) is 0 Å². The zero-order chi connectivity index (χ0) is 17.2. The number of phenols is 1. The smallest absolute Gasteiger partial charge is 0.169 e. The van der Waals surface area contributed by atoms with E-state index in [9.17, 15) is 9.90 Å². The number of hydrogen-bond acceptors (Lipinski definition) is 4. The van der Waals surface area contributed by atoms with E-state index < -0.39 is 0 Å². The highest BCUT2D eigenvalue weighted by Gasteiger charge is 2.21. The van der Waals surface area contributed by atoms with E-state index in [2.05, 4.69) is 15.9 Å². The molecule has 2 aromatic rings. The van der Waals surface area contributed by atoms with Gasteiger partial charge in [-0.2, -0.15) is 0 Å². The molecule has 4 nitrogen and oxygen atoms in total. The van der Waals surface area contributed by atoms with Crippen LogP contribution in [0.3, 0.4) is 0 Å². The summed E-state index contributed by atoms with van der Waals surface area (Å²) in [6, 6.07) is 6.92. The fourth-order valence-electron chi connectivity index (χ4n) is 2.22. The molecule has 2 rings (SSSR count). The van der Waals surface area contributed by atoms with Crippen molar-refractivity contribution in [2.75, 3.05) is 0 Å². The number of carbonyl (C=O) groups is 1. The van der Waals surface area contributed by atoms with Crippen LogP contribution >= 0.6 is 15.9 Å². The molecule has 0 atom stereocenters. The molecule has 23 heavy (non-hydrogen) atoms. The van der Waals surface area contributed by atoms with Gasteiger partial charge in [0.05, 0.1) is 5.56 Å². The average molecular weight is 381 g/mol. The Bertz CT molecular complexity index is 710. The van der Waals surface area contributed by atoms with Crippen LogP contribution in [-0.4, -0.2) is 10.9 Å². The highest BCUT2D eigenvalue weighted by molar-refractivity contribution is 9.10. The molecule has 0 amide bonds. The molecule has 0 aliphatic carbocycles. The van der Waals surface area contributed by atoms with Gasteiger partial charge >= 0.3 is 0 Å². The first-order valence-electron chi connectivity index (χ1n) is 7.40. The largest absolute Gasteiger partial charge is 0.507 e. The summed E-state index contributed by atoms with van der Waals surface area (Å²) in [4.78, 5) is 12.3. The van der Waals surface area contributed by atoms with Crippen LogP contribution in [0, 0.1) is 12.3 Å². The summed E-state index contributed by atoms with van der Waals surface area (Å²) < 4.78 is 11.7. The minimum atomic E-state index is -0.126. The van der Waals surface area contributed by atoms with Crippen LogP contribution < -0.4 is 4.74 Å². The Kier molecular flexibility index (Phi) is 5.19. The molecular formula is C18H21BrO4. The van der Waals surface area contributed by atoms with Crippen molar-refractivity contribution >= 4 is 21.7 Å².